The molecular formula is C8H7BrFNO2. The van der Waals surface area contributed by atoms with E-state index in [0.717, 1.165) is 0 Å². The number of aromatic carboxylic acids is 1. The lowest BCUT2D eigenvalue weighted by molar-refractivity contribution is 0.0692. The number of anilines is 1. The molecule has 3 nitrogen and oxygen atoms in total. The van der Waals surface area contributed by atoms with Gasteiger partial charge >= 0.3 is 5.97 Å². The van der Waals surface area contributed by atoms with Crippen LogP contribution in [0, 0.1) is 12.7 Å². The summed E-state index contributed by atoms with van der Waals surface area (Å²) in [5, 5.41) is 8.59. The zero-order valence-electron chi connectivity index (χ0n) is 6.77. The van der Waals surface area contributed by atoms with Crippen molar-refractivity contribution in [2.24, 2.45) is 0 Å². The molecule has 0 heterocycles. The van der Waals surface area contributed by atoms with Crippen LogP contribution in [0.25, 0.3) is 0 Å². The van der Waals surface area contributed by atoms with Crippen molar-refractivity contribution < 1.29 is 14.3 Å². The van der Waals surface area contributed by atoms with E-state index in [1.807, 2.05) is 0 Å². The summed E-state index contributed by atoms with van der Waals surface area (Å²) < 4.78 is 13.7. The number of nitrogen functional groups attached to an aromatic ring is 1. The van der Waals surface area contributed by atoms with Gasteiger partial charge in [0.2, 0.25) is 0 Å². The fraction of sp³-hybridized carbons (Fsp3) is 0.125. The Kier molecular flexibility index (Phi) is 2.56. The Morgan fingerprint density at radius 3 is 2.69 bits per heavy atom. The SMILES string of the molecule is Cc1c(Br)cc(C(=O)O)c(F)c1N. The van der Waals surface area contributed by atoms with Gasteiger partial charge < -0.3 is 10.8 Å². The molecule has 0 aromatic heterocycles. The van der Waals surface area contributed by atoms with Crippen LogP contribution >= 0.6 is 15.9 Å². The van der Waals surface area contributed by atoms with E-state index in [9.17, 15) is 9.18 Å². The van der Waals surface area contributed by atoms with E-state index in [0.29, 0.717) is 10.0 Å². The predicted octanol–water partition coefficient (Wildman–Crippen LogP) is 2.18. The third-order valence-corrected chi connectivity index (χ3v) is 2.56. The lowest BCUT2D eigenvalue weighted by Crippen LogP contribution is -2.05. The maximum atomic E-state index is 13.2. The highest BCUT2D eigenvalue weighted by Crippen LogP contribution is 2.27. The molecule has 0 aliphatic rings. The smallest absolute Gasteiger partial charge is 0.338 e. The lowest BCUT2D eigenvalue weighted by Gasteiger charge is -2.06. The highest BCUT2D eigenvalue weighted by molar-refractivity contribution is 9.10. The van der Waals surface area contributed by atoms with Gasteiger partial charge in [0, 0.05) is 4.47 Å². The molecule has 1 aromatic carbocycles. The molecule has 0 fully saturated rings. The van der Waals surface area contributed by atoms with Crippen molar-refractivity contribution in [3.05, 3.63) is 27.5 Å². The summed E-state index contributed by atoms with van der Waals surface area (Å²) >= 11 is 3.09. The number of carboxylic acid groups (broad SMARTS) is 1. The number of benzene rings is 1. The highest BCUT2D eigenvalue weighted by Gasteiger charge is 2.16. The number of hydrogen-bond acceptors (Lipinski definition) is 2. The summed E-state index contributed by atoms with van der Waals surface area (Å²) in [6.07, 6.45) is 0. The minimum atomic E-state index is -1.33. The molecule has 13 heavy (non-hydrogen) atoms. The highest BCUT2D eigenvalue weighted by atomic mass is 79.9. The summed E-state index contributed by atoms with van der Waals surface area (Å²) in [5.41, 5.74) is 5.30. The molecule has 0 saturated heterocycles. The van der Waals surface area contributed by atoms with Crippen molar-refractivity contribution in [3.8, 4) is 0 Å². The summed E-state index contributed by atoms with van der Waals surface area (Å²) in [7, 11) is 0. The molecular weight excluding hydrogens is 241 g/mol. The average Bonchev–Trinajstić information content (AvgIpc) is 2.07. The first-order valence-corrected chi connectivity index (χ1v) is 4.21. The van der Waals surface area contributed by atoms with Crippen molar-refractivity contribution >= 4 is 27.6 Å². The standard InChI is InChI=1S/C8H7BrFNO2/c1-3-5(9)2-4(8(12)13)6(10)7(3)11/h2H,11H2,1H3,(H,12,13). The van der Waals surface area contributed by atoms with E-state index in [-0.39, 0.29) is 5.69 Å². The maximum Gasteiger partial charge on any atom is 0.338 e. The number of halogens is 2. The molecule has 1 rings (SSSR count). The van der Waals surface area contributed by atoms with Crippen LogP contribution in [0.4, 0.5) is 10.1 Å². The van der Waals surface area contributed by atoms with Crippen LogP contribution in [0.1, 0.15) is 15.9 Å². The third-order valence-electron chi connectivity index (χ3n) is 1.74. The quantitative estimate of drug-likeness (QED) is 0.748. The summed E-state index contributed by atoms with van der Waals surface area (Å²) in [6, 6.07) is 1.20. The Hall–Kier alpha value is -1.10. The molecule has 70 valence electrons. The number of rotatable bonds is 1. The second-order valence-corrected chi connectivity index (χ2v) is 3.42. The number of carbonyl (C=O) groups is 1. The van der Waals surface area contributed by atoms with Gasteiger partial charge in [0.25, 0.3) is 0 Å². The van der Waals surface area contributed by atoms with E-state index in [4.69, 9.17) is 10.8 Å². The van der Waals surface area contributed by atoms with Crippen LogP contribution in [0.5, 0.6) is 0 Å². The Bertz CT molecular complexity index is 379. The van der Waals surface area contributed by atoms with Crippen LogP contribution in [0.15, 0.2) is 10.5 Å². The Balaban J connectivity index is 3.50. The molecule has 5 heteroatoms. The molecule has 0 aliphatic heterocycles. The molecule has 0 amide bonds. The average molecular weight is 248 g/mol. The van der Waals surface area contributed by atoms with Gasteiger partial charge in [0.05, 0.1) is 11.3 Å². The Labute approximate surface area is 82.5 Å². The molecule has 3 N–H and O–H groups in total. The first-order valence-electron chi connectivity index (χ1n) is 3.42. The minimum absolute atomic E-state index is 0.133. The van der Waals surface area contributed by atoms with Gasteiger partial charge in [-0.1, -0.05) is 15.9 Å². The van der Waals surface area contributed by atoms with Gasteiger partial charge in [-0.3, -0.25) is 0 Å². The van der Waals surface area contributed by atoms with Gasteiger partial charge in [-0.15, -0.1) is 0 Å². The fourth-order valence-electron chi connectivity index (χ4n) is 0.892. The van der Waals surface area contributed by atoms with E-state index >= 15 is 0 Å². The van der Waals surface area contributed by atoms with Gasteiger partial charge in [-0.2, -0.15) is 0 Å². The molecule has 0 atom stereocenters. The van der Waals surface area contributed by atoms with Gasteiger partial charge in [-0.05, 0) is 18.6 Å². The van der Waals surface area contributed by atoms with Crippen LogP contribution in [-0.2, 0) is 0 Å². The zero-order chi connectivity index (χ0) is 10.2. The number of hydrogen-bond donors (Lipinski definition) is 2. The van der Waals surface area contributed by atoms with E-state index < -0.39 is 17.3 Å². The predicted molar refractivity (Wildman–Crippen MR) is 50.2 cm³/mol. The normalized spacial score (nSPS) is 10.1. The third kappa shape index (κ3) is 1.65. The molecule has 0 unspecified atom stereocenters. The molecule has 0 radical (unpaired) electrons. The lowest BCUT2D eigenvalue weighted by atomic mass is 10.1. The Morgan fingerprint density at radius 2 is 2.23 bits per heavy atom. The monoisotopic (exact) mass is 247 g/mol. The van der Waals surface area contributed by atoms with Crippen molar-refractivity contribution in [2.75, 3.05) is 5.73 Å². The summed E-state index contributed by atoms with van der Waals surface area (Å²) in [4.78, 5) is 10.5. The van der Waals surface area contributed by atoms with Gasteiger partial charge in [-0.25, -0.2) is 9.18 Å². The largest absolute Gasteiger partial charge is 0.478 e. The first-order chi connectivity index (χ1) is 5.95. The number of nitrogens with two attached hydrogens (primary N) is 1. The van der Waals surface area contributed by atoms with Crippen molar-refractivity contribution in [2.45, 2.75) is 6.92 Å². The zero-order valence-corrected chi connectivity index (χ0v) is 8.35. The fourth-order valence-corrected chi connectivity index (χ4v) is 1.33. The minimum Gasteiger partial charge on any atom is -0.478 e. The first kappa shape index (κ1) is 9.98. The van der Waals surface area contributed by atoms with Crippen LogP contribution in [0.2, 0.25) is 0 Å². The van der Waals surface area contributed by atoms with E-state index in [2.05, 4.69) is 15.9 Å². The molecule has 0 spiro atoms. The molecule has 0 saturated carbocycles. The van der Waals surface area contributed by atoms with Crippen molar-refractivity contribution in [1.29, 1.82) is 0 Å². The topological polar surface area (TPSA) is 63.3 Å². The molecule has 1 aromatic rings. The van der Waals surface area contributed by atoms with E-state index in [1.165, 1.54) is 6.07 Å². The van der Waals surface area contributed by atoms with Crippen LogP contribution in [-0.4, -0.2) is 11.1 Å². The van der Waals surface area contributed by atoms with Crippen molar-refractivity contribution in [3.63, 3.8) is 0 Å². The van der Waals surface area contributed by atoms with Crippen LogP contribution in [0.3, 0.4) is 0 Å². The van der Waals surface area contributed by atoms with Gasteiger partial charge in [0.15, 0.2) is 5.82 Å². The van der Waals surface area contributed by atoms with Crippen molar-refractivity contribution in [1.82, 2.24) is 0 Å². The van der Waals surface area contributed by atoms with Crippen LogP contribution < -0.4 is 5.73 Å². The van der Waals surface area contributed by atoms with E-state index in [1.54, 1.807) is 6.92 Å². The second-order valence-electron chi connectivity index (χ2n) is 2.56. The maximum absolute atomic E-state index is 13.2. The molecule has 0 aliphatic carbocycles. The number of carboxylic acids is 1. The Morgan fingerprint density at radius 1 is 1.69 bits per heavy atom. The second kappa shape index (κ2) is 3.33. The summed E-state index contributed by atoms with van der Waals surface area (Å²) in [5.74, 6) is -2.21. The summed E-state index contributed by atoms with van der Waals surface area (Å²) in [6.45, 7) is 1.61. The molecule has 0 bridgehead atoms. The van der Waals surface area contributed by atoms with Gasteiger partial charge in [0.1, 0.15) is 0 Å².